The van der Waals surface area contributed by atoms with Crippen molar-refractivity contribution < 1.29 is 5.11 Å². The van der Waals surface area contributed by atoms with Gasteiger partial charge in [-0.1, -0.05) is 12.1 Å². The number of nitrogens with zero attached hydrogens (tertiary/aromatic N) is 2. The van der Waals surface area contributed by atoms with Gasteiger partial charge in [0.2, 0.25) is 0 Å². The Labute approximate surface area is 81.8 Å². The molecule has 0 saturated carbocycles. The van der Waals surface area contributed by atoms with E-state index < -0.39 is 0 Å². The van der Waals surface area contributed by atoms with Crippen LogP contribution >= 0.6 is 0 Å². The summed E-state index contributed by atoms with van der Waals surface area (Å²) in [7, 11) is 0. The van der Waals surface area contributed by atoms with Crippen molar-refractivity contribution in [3.05, 3.63) is 42.4 Å². The molecule has 0 fully saturated rings. The first kappa shape index (κ1) is 8.69. The quantitative estimate of drug-likeness (QED) is 0.696. The molecule has 0 atom stereocenters. The van der Waals surface area contributed by atoms with Crippen LogP contribution in [0.1, 0.15) is 12.6 Å². The number of fused-ring (bicyclic) bond motifs is 1. The smallest absolute Gasteiger partial charge is 0.0894 e. The second-order valence-electron chi connectivity index (χ2n) is 3.06. The molecule has 0 aliphatic rings. The van der Waals surface area contributed by atoms with Crippen LogP contribution < -0.4 is 0 Å². The molecule has 1 aromatic heterocycles. The van der Waals surface area contributed by atoms with Gasteiger partial charge < -0.3 is 5.11 Å². The van der Waals surface area contributed by atoms with E-state index in [9.17, 15) is 0 Å². The molecule has 0 aliphatic heterocycles. The van der Waals surface area contributed by atoms with Crippen molar-refractivity contribution in [2.45, 2.75) is 6.92 Å². The minimum absolute atomic E-state index is 0.700. The maximum atomic E-state index is 8.83. The summed E-state index contributed by atoms with van der Waals surface area (Å²) >= 11 is 0. The fourth-order valence-corrected chi connectivity index (χ4v) is 1.21. The Bertz CT molecular complexity index is 491. The molecule has 0 saturated heterocycles. The molecule has 1 aromatic carbocycles. The highest BCUT2D eigenvalue weighted by atomic mass is 16.2. The lowest BCUT2D eigenvalue weighted by Crippen LogP contribution is -1.90. The standard InChI is InChI=1S/C11H10N2O/c1-8(7-14)11-6-12-9-4-2-3-5-10(9)13-11/h2-7,14H,1H3/b8-7+. The van der Waals surface area contributed by atoms with E-state index in [-0.39, 0.29) is 0 Å². The second-order valence-corrected chi connectivity index (χ2v) is 3.06. The molecular weight excluding hydrogens is 176 g/mol. The van der Waals surface area contributed by atoms with Gasteiger partial charge in [0.25, 0.3) is 0 Å². The SMILES string of the molecule is C/C(=C\O)c1cnc2ccccc2n1. The third-order valence-electron chi connectivity index (χ3n) is 2.05. The van der Waals surface area contributed by atoms with E-state index in [2.05, 4.69) is 9.97 Å². The van der Waals surface area contributed by atoms with Crippen molar-refractivity contribution in [2.24, 2.45) is 0 Å². The second kappa shape index (κ2) is 3.46. The molecule has 0 amide bonds. The van der Waals surface area contributed by atoms with E-state index in [1.807, 2.05) is 24.3 Å². The zero-order valence-corrected chi connectivity index (χ0v) is 7.81. The predicted molar refractivity (Wildman–Crippen MR) is 55.8 cm³/mol. The highest BCUT2D eigenvalue weighted by Crippen LogP contribution is 2.13. The largest absolute Gasteiger partial charge is 0.515 e. The maximum Gasteiger partial charge on any atom is 0.0894 e. The van der Waals surface area contributed by atoms with Crippen LogP contribution in [-0.2, 0) is 0 Å². The van der Waals surface area contributed by atoms with Crippen LogP contribution in [0.4, 0.5) is 0 Å². The van der Waals surface area contributed by atoms with Gasteiger partial charge in [0.1, 0.15) is 0 Å². The number of rotatable bonds is 1. The van der Waals surface area contributed by atoms with Gasteiger partial charge in [0.05, 0.1) is 29.2 Å². The Balaban J connectivity index is 2.62. The predicted octanol–water partition coefficient (Wildman–Crippen LogP) is 2.55. The molecule has 2 aromatic rings. The number of aromatic nitrogens is 2. The number of aliphatic hydroxyl groups is 1. The van der Waals surface area contributed by atoms with E-state index in [1.165, 1.54) is 0 Å². The molecule has 3 nitrogen and oxygen atoms in total. The molecule has 1 heterocycles. The van der Waals surface area contributed by atoms with Crippen LogP contribution in [0.15, 0.2) is 36.7 Å². The average molecular weight is 186 g/mol. The Hall–Kier alpha value is -1.90. The normalized spacial score (nSPS) is 11.9. The Morgan fingerprint density at radius 1 is 1.29 bits per heavy atom. The molecule has 0 spiro atoms. The van der Waals surface area contributed by atoms with Crippen molar-refractivity contribution in [1.82, 2.24) is 9.97 Å². The van der Waals surface area contributed by atoms with Gasteiger partial charge in [-0.25, -0.2) is 4.98 Å². The van der Waals surface area contributed by atoms with E-state index >= 15 is 0 Å². The minimum Gasteiger partial charge on any atom is -0.515 e. The molecule has 14 heavy (non-hydrogen) atoms. The zero-order chi connectivity index (χ0) is 9.97. The van der Waals surface area contributed by atoms with Crippen molar-refractivity contribution in [2.75, 3.05) is 0 Å². The van der Waals surface area contributed by atoms with E-state index in [4.69, 9.17) is 5.11 Å². The van der Waals surface area contributed by atoms with Gasteiger partial charge in [-0.15, -0.1) is 0 Å². The molecule has 0 unspecified atom stereocenters. The molecule has 2 rings (SSSR count). The third kappa shape index (κ3) is 1.44. The van der Waals surface area contributed by atoms with Crippen LogP contribution in [0.2, 0.25) is 0 Å². The summed E-state index contributed by atoms with van der Waals surface area (Å²) in [6, 6.07) is 7.64. The minimum atomic E-state index is 0.700. The maximum absolute atomic E-state index is 8.83. The number of allylic oxidation sites excluding steroid dienone is 1. The van der Waals surface area contributed by atoms with Crippen LogP contribution in [0.25, 0.3) is 16.6 Å². The third-order valence-corrected chi connectivity index (χ3v) is 2.05. The van der Waals surface area contributed by atoms with Crippen molar-refractivity contribution in [3.63, 3.8) is 0 Å². The number of benzene rings is 1. The molecule has 1 N–H and O–H groups in total. The summed E-state index contributed by atoms with van der Waals surface area (Å²) in [4.78, 5) is 8.59. The van der Waals surface area contributed by atoms with Gasteiger partial charge in [-0.2, -0.15) is 0 Å². The molecule has 0 aliphatic carbocycles. The summed E-state index contributed by atoms with van der Waals surface area (Å²) in [5.41, 5.74) is 3.11. The first-order valence-corrected chi connectivity index (χ1v) is 4.34. The summed E-state index contributed by atoms with van der Waals surface area (Å²) in [5.74, 6) is 0. The zero-order valence-electron chi connectivity index (χ0n) is 7.81. The highest BCUT2D eigenvalue weighted by molar-refractivity contribution is 5.75. The molecule has 0 radical (unpaired) electrons. The summed E-state index contributed by atoms with van der Waals surface area (Å²) < 4.78 is 0. The van der Waals surface area contributed by atoms with E-state index in [1.54, 1.807) is 13.1 Å². The average Bonchev–Trinajstić information content (AvgIpc) is 2.27. The van der Waals surface area contributed by atoms with Gasteiger partial charge in [0.15, 0.2) is 0 Å². The number of hydrogen-bond acceptors (Lipinski definition) is 3. The van der Waals surface area contributed by atoms with E-state index in [0.717, 1.165) is 17.3 Å². The highest BCUT2D eigenvalue weighted by Gasteiger charge is 2.00. The molecular formula is C11H10N2O. The van der Waals surface area contributed by atoms with Crippen LogP contribution in [0.5, 0.6) is 0 Å². The van der Waals surface area contributed by atoms with Crippen LogP contribution in [0.3, 0.4) is 0 Å². The first-order chi connectivity index (χ1) is 6.81. The lowest BCUT2D eigenvalue weighted by molar-refractivity contribution is 0.475. The lowest BCUT2D eigenvalue weighted by Gasteiger charge is -2.00. The Kier molecular flexibility index (Phi) is 2.14. The molecule has 3 heteroatoms. The van der Waals surface area contributed by atoms with Crippen molar-refractivity contribution >= 4 is 16.6 Å². The Morgan fingerprint density at radius 2 is 2.00 bits per heavy atom. The Morgan fingerprint density at radius 3 is 2.71 bits per heavy atom. The lowest BCUT2D eigenvalue weighted by atomic mass is 10.2. The monoisotopic (exact) mass is 186 g/mol. The number of aliphatic hydroxyl groups excluding tert-OH is 1. The first-order valence-electron chi connectivity index (χ1n) is 4.34. The van der Waals surface area contributed by atoms with Crippen LogP contribution in [0, 0.1) is 0 Å². The topological polar surface area (TPSA) is 46.0 Å². The van der Waals surface area contributed by atoms with Gasteiger partial charge >= 0.3 is 0 Å². The van der Waals surface area contributed by atoms with Gasteiger partial charge in [-0.05, 0) is 19.1 Å². The summed E-state index contributed by atoms with van der Waals surface area (Å²) in [5, 5.41) is 8.83. The number of hydrogen-bond donors (Lipinski definition) is 1. The van der Waals surface area contributed by atoms with Crippen molar-refractivity contribution in [3.8, 4) is 0 Å². The van der Waals surface area contributed by atoms with E-state index in [0.29, 0.717) is 11.3 Å². The van der Waals surface area contributed by atoms with Gasteiger partial charge in [0, 0.05) is 5.57 Å². The summed E-state index contributed by atoms with van der Waals surface area (Å²) in [6.45, 7) is 1.79. The van der Waals surface area contributed by atoms with Crippen LogP contribution in [-0.4, -0.2) is 15.1 Å². The number of para-hydroxylation sites is 2. The molecule has 0 bridgehead atoms. The summed E-state index contributed by atoms with van der Waals surface area (Å²) in [6.07, 6.45) is 2.70. The fourth-order valence-electron chi connectivity index (χ4n) is 1.21. The molecule has 70 valence electrons. The van der Waals surface area contributed by atoms with Crippen molar-refractivity contribution in [1.29, 1.82) is 0 Å². The van der Waals surface area contributed by atoms with Gasteiger partial charge in [-0.3, -0.25) is 4.98 Å². The fraction of sp³-hybridized carbons (Fsp3) is 0.0909.